The van der Waals surface area contributed by atoms with E-state index in [2.05, 4.69) is 42.2 Å². The van der Waals surface area contributed by atoms with E-state index in [1.165, 1.54) is 5.56 Å². The van der Waals surface area contributed by atoms with Crippen LogP contribution in [0, 0.1) is 0 Å². The summed E-state index contributed by atoms with van der Waals surface area (Å²) in [4.78, 5) is 15.7. The van der Waals surface area contributed by atoms with Gasteiger partial charge in [0.15, 0.2) is 0 Å². The zero-order chi connectivity index (χ0) is 13.7. The minimum atomic E-state index is 0.203. The lowest BCUT2D eigenvalue weighted by atomic mass is 9.96. The topological polar surface area (TPSA) is 23.6 Å². The number of rotatable bonds is 4. The molecule has 1 aliphatic heterocycles. The molecule has 1 fully saturated rings. The van der Waals surface area contributed by atoms with Crippen LogP contribution in [0.25, 0.3) is 0 Å². The second-order valence-corrected chi connectivity index (χ2v) is 5.32. The normalized spacial score (nSPS) is 18.3. The number of piperazine rings is 1. The van der Waals surface area contributed by atoms with Gasteiger partial charge in [-0.3, -0.25) is 9.69 Å². The monoisotopic (exact) mass is 260 g/mol. The zero-order valence-electron chi connectivity index (χ0n) is 12.0. The Labute approximate surface area is 116 Å². The fraction of sp³-hybridized carbons (Fsp3) is 0.562. The predicted octanol–water partition coefficient (Wildman–Crippen LogP) is 2.34. The second-order valence-electron chi connectivity index (χ2n) is 5.32. The van der Waals surface area contributed by atoms with E-state index in [4.69, 9.17) is 0 Å². The zero-order valence-corrected chi connectivity index (χ0v) is 12.0. The smallest absolute Gasteiger partial charge is 0.219 e. The highest BCUT2D eigenvalue weighted by Gasteiger charge is 2.21. The van der Waals surface area contributed by atoms with Crippen LogP contribution in [0.5, 0.6) is 0 Å². The Bertz CT molecular complexity index is 396. The van der Waals surface area contributed by atoms with Gasteiger partial charge in [-0.1, -0.05) is 37.3 Å². The van der Waals surface area contributed by atoms with Gasteiger partial charge in [0.25, 0.3) is 0 Å². The van der Waals surface area contributed by atoms with Crippen LogP contribution in [-0.4, -0.2) is 48.4 Å². The summed E-state index contributed by atoms with van der Waals surface area (Å²) in [6.45, 7) is 8.77. The van der Waals surface area contributed by atoms with E-state index in [1.54, 1.807) is 6.92 Å². The lowest BCUT2D eigenvalue weighted by Crippen LogP contribution is -2.48. The number of hydrogen-bond acceptors (Lipinski definition) is 2. The van der Waals surface area contributed by atoms with Crippen LogP contribution in [-0.2, 0) is 4.79 Å². The first-order valence-corrected chi connectivity index (χ1v) is 7.23. The van der Waals surface area contributed by atoms with Gasteiger partial charge in [0.2, 0.25) is 5.91 Å². The lowest BCUT2D eigenvalue weighted by molar-refractivity contribution is -0.130. The summed E-state index contributed by atoms with van der Waals surface area (Å²) < 4.78 is 0. The Hall–Kier alpha value is -1.35. The van der Waals surface area contributed by atoms with Gasteiger partial charge in [0.05, 0.1) is 0 Å². The summed E-state index contributed by atoms with van der Waals surface area (Å²) in [5, 5.41) is 0. The Balaban J connectivity index is 1.89. The van der Waals surface area contributed by atoms with Crippen molar-refractivity contribution in [2.24, 2.45) is 0 Å². The number of hydrogen-bond donors (Lipinski definition) is 0. The van der Waals surface area contributed by atoms with Gasteiger partial charge in [-0.25, -0.2) is 0 Å². The summed E-state index contributed by atoms with van der Waals surface area (Å²) in [5.41, 5.74) is 1.43. The fourth-order valence-electron chi connectivity index (χ4n) is 2.75. The van der Waals surface area contributed by atoms with Crippen LogP contribution in [0.3, 0.4) is 0 Å². The minimum absolute atomic E-state index is 0.203. The summed E-state index contributed by atoms with van der Waals surface area (Å²) in [6.07, 6.45) is 1.16. The largest absolute Gasteiger partial charge is 0.340 e. The summed E-state index contributed by atoms with van der Waals surface area (Å²) >= 11 is 0. The van der Waals surface area contributed by atoms with Crippen molar-refractivity contribution in [2.75, 3.05) is 32.7 Å². The molecular weight excluding hydrogens is 236 g/mol. The number of amides is 1. The number of nitrogens with zero attached hydrogens (tertiary/aromatic N) is 2. The molecule has 0 spiro atoms. The molecule has 0 N–H and O–H groups in total. The van der Waals surface area contributed by atoms with Crippen molar-refractivity contribution in [3.05, 3.63) is 35.9 Å². The van der Waals surface area contributed by atoms with Crippen LogP contribution in [0.2, 0.25) is 0 Å². The van der Waals surface area contributed by atoms with Crippen LogP contribution in [0.1, 0.15) is 31.7 Å². The van der Waals surface area contributed by atoms with Crippen molar-refractivity contribution in [3.63, 3.8) is 0 Å². The van der Waals surface area contributed by atoms with Crippen molar-refractivity contribution >= 4 is 5.91 Å². The van der Waals surface area contributed by atoms with Gasteiger partial charge < -0.3 is 4.90 Å². The van der Waals surface area contributed by atoms with E-state index in [-0.39, 0.29) is 5.91 Å². The van der Waals surface area contributed by atoms with E-state index < -0.39 is 0 Å². The minimum Gasteiger partial charge on any atom is -0.340 e. The van der Waals surface area contributed by atoms with E-state index in [0.29, 0.717) is 5.92 Å². The molecule has 0 saturated carbocycles. The molecule has 3 heteroatoms. The van der Waals surface area contributed by atoms with E-state index in [0.717, 1.165) is 39.1 Å². The van der Waals surface area contributed by atoms with E-state index in [1.807, 2.05) is 4.90 Å². The molecule has 1 unspecified atom stereocenters. The SMILES string of the molecule is CCC(CN1CCN(C(C)=O)CC1)c1ccccc1. The van der Waals surface area contributed by atoms with Crippen LogP contribution in [0.4, 0.5) is 0 Å². The molecule has 3 nitrogen and oxygen atoms in total. The predicted molar refractivity (Wildman–Crippen MR) is 78.2 cm³/mol. The molecule has 104 valence electrons. The quantitative estimate of drug-likeness (QED) is 0.829. The molecule has 1 aromatic rings. The van der Waals surface area contributed by atoms with E-state index in [9.17, 15) is 4.79 Å². The van der Waals surface area contributed by atoms with Crippen molar-refractivity contribution in [1.82, 2.24) is 9.80 Å². The molecule has 0 aromatic heterocycles. The number of carbonyl (C=O) groups is 1. The average molecular weight is 260 g/mol. The highest BCUT2D eigenvalue weighted by molar-refractivity contribution is 5.73. The second kappa shape index (κ2) is 6.71. The molecule has 1 saturated heterocycles. The third-order valence-electron chi connectivity index (χ3n) is 4.06. The summed E-state index contributed by atoms with van der Waals surface area (Å²) in [7, 11) is 0. The van der Waals surface area contributed by atoms with Crippen molar-refractivity contribution in [1.29, 1.82) is 0 Å². The molecule has 0 radical (unpaired) electrons. The molecule has 0 aliphatic carbocycles. The summed E-state index contributed by atoms with van der Waals surface area (Å²) in [6, 6.07) is 10.7. The van der Waals surface area contributed by atoms with E-state index >= 15 is 0 Å². The van der Waals surface area contributed by atoms with Gasteiger partial charge >= 0.3 is 0 Å². The molecule has 1 atom stereocenters. The third-order valence-corrected chi connectivity index (χ3v) is 4.06. The number of benzene rings is 1. The molecule has 19 heavy (non-hydrogen) atoms. The van der Waals surface area contributed by atoms with Gasteiger partial charge in [-0.05, 0) is 17.9 Å². The Kier molecular flexibility index (Phi) is 4.97. The lowest BCUT2D eigenvalue weighted by Gasteiger charge is -2.36. The molecule has 1 heterocycles. The van der Waals surface area contributed by atoms with Gasteiger partial charge in [0, 0.05) is 39.6 Å². The first-order valence-electron chi connectivity index (χ1n) is 7.23. The standard InChI is InChI=1S/C16H24N2O/c1-3-15(16-7-5-4-6-8-16)13-17-9-11-18(12-10-17)14(2)19/h4-8,15H,3,9-13H2,1-2H3. The van der Waals surface area contributed by atoms with Crippen molar-refractivity contribution < 1.29 is 4.79 Å². The first-order chi connectivity index (χ1) is 9.20. The molecular formula is C16H24N2O. The maximum atomic E-state index is 11.3. The van der Waals surface area contributed by atoms with Crippen LogP contribution >= 0.6 is 0 Å². The Morgan fingerprint density at radius 2 is 1.79 bits per heavy atom. The summed E-state index contributed by atoms with van der Waals surface area (Å²) in [5.74, 6) is 0.805. The third kappa shape index (κ3) is 3.80. The molecule has 2 rings (SSSR count). The highest BCUT2D eigenvalue weighted by Crippen LogP contribution is 2.21. The maximum Gasteiger partial charge on any atom is 0.219 e. The Morgan fingerprint density at radius 3 is 2.32 bits per heavy atom. The molecule has 1 aromatic carbocycles. The maximum absolute atomic E-state index is 11.3. The molecule has 1 aliphatic rings. The fourth-order valence-corrected chi connectivity index (χ4v) is 2.75. The molecule has 0 bridgehead atoms. The highest BCUT2D eigenvalue weighted by atomic mass is 16.2. The van der Waals surface area contributed by atoms with Crippen molar-refractivity contribution in [3.8, 4) is 0 Å². The average Bonchev–Trinajstić information content (AvgIpc) is 2.46. The number of carbonyl (C=O) groups excluding carboxylic acids is 1. The first kappa shape index (κ1) is 14.1. The Morgan fingerprint density at radius 1 is 1.16 bits per heavy atom. The van der Waals surface area contributed by atoms with Crippen LogP contribution in [0.15, 0.2) is 30.3 Å². The van der Waals surface area contributed by atoms with Gasteiger partial charge in [-0.2, -0.15) is 0 Å². The molecule has 1 amide bonds. The van der Waals surface area contributed by atoms with Crippen molar-refractivity contribution in [2.45, 2.75) is 26.2 Å². The van der Waals surface area contributed by atoms with Crippen LogP contribution < -0.4 is 0 Å². The van der Waals surface area contributed by atoms with Gasteiger partial charge in [-0.15, -0.1) is 0 Å². The van der Waals surface area contributed by atoms with Gasteiger partial charge in [0.1, 0.15) is 0 Å².